The SMILES string of the molecule is O=C(Nc1ccc(Cl)c(C(F)(F)F)c1)N1CCN2[C@@H](COC[C@@H]2C2CC2)C1. The van der Waals surface area contributed by atoms with Gasteiger partial charge in [-0.1, -0.05) is 11.6 Å². The monoisotopic (exact) mass is 403 g/mol. The summed E-state index contributed by atoms with van der Waals surface area (Å²) in [6.07, 6.45) is -2.10. The Morgan fingerprint density at radius 2 is 2.00 bits per heavy atom. The molecule has 3 aliphatic rings. The van der Waals surface area contributed by atoms with Crippen molar-refractivity contribution < 1.29 is 22.7 Å². The lowest BCUT2D eigenvalue weighted by atomic mass is 10.0. The van der Waals surface area contributed by atoms with E-state index in [4.69, 9.17) is 16.3 Å². The molecule has 1 saturated carbocycles. The molecule has 2 atom stereocenters. The number of nitrogens with one attached hydrogen (secondary N) is 1. The fourth-order valence-corrected chi connectivity index (χ4v) is 4.19. The smallest absolute Gasteiger partial charge is 0.378 e. The number of benzene rings is 1. The Balaban J connectivity index is 1.41. The van der Waals surface area contributed by atoms with Crippen LogP contribution < -0.4 is 5.32 Å². The van der Waals surface area contributed by atoms with Crippen LogP contribution in [0.4, 0.5) is 23.7 Å². The molecule has 4 rings (SSSR count). The van der Waals surface area contributed by atoms with Crippen molar-refractivity contribution in [1.29, 1.82) is 0 Å². The predicted molar refractivity (Wildman–Crippen MR) is 94.9 cm³/mol. The molecular weight excluding hydrogens is 383 g/mol. The van der Waals surface area contributed by atoms with Crippen molar-refractivity contribution in [3.8, 4) is 0 Å². The number of fused-ring (bicyclic) bond motifs is 1. The molecular formula is C18H21ClF3N3O2. The molecule has 1 N–H and O–H groups in total. The van der Waals surface area contributed by atoms with E-state index in [-0.39, 0.29) is 16.8 Å². The molecule has 9 heteroatoms. The van der Waals surface area contributed by atoms with Gasteiger partial charge in [0.1, 0.15) is 0 Å². The van der Waals surface area contributed by atoms with Gasteiger partial charge in [0.25, 0.3) is 0 Å². The van der Waals surface area contributed by atoms with Gasteiger partial charge in [0.05, 0.1) is 29.8 Å². The number of piperazine rings is 1. The molecule has 0 unspecified atom stereocenters. The van der Waals surface area contributed by atoms with E-state index in [9.17, 15) is 18.0 Å². The topological polar surface area (TPSA) is 44.8 Å². The normalized spacial score (nSPS) is 26.6. The minimum absolute atomic E-state index is 0.0786. The summed E-state index contributed by atoms with van der Waals surface area (Å²) in [5.74, 6) is 0.697. The van der Waals surface area contributed by atoms with Gasteiger partial charge < -0.3 is 15.0 Å². The van der Waals surface area contributed by atoms with Gasteiger partial charge in [0, 0.05) is 31.4 Å². The zero-order valence-electron chi connectivity index (χ0n) is 14.6. The summed E-state index contributed by atoms with van der Waals surface area (Å²) in [5, 5.41) is 2.17. The first-order valence-corrected chi connectivity index (χ1v) is 9.47. The second-order valence-electron chi connectivity index (χ2n) is 7.40. The summed E-state index contributed by atoms with van der Waals surface area (Å²) in [6.45, 7) is 3.14. The molecule has 2 aliphatic heterocycles. The van der Waals surface area contributed by atoms with E-state index in [1.165, 1.54) is 18.9 Å². The van der Waals surface area contributed by atoms with Crippen LogP contribution in [-0.4, -0.2) is 60.8 Å². The van der Waals surface area contributed by atoms with E-state index in [1.807, 2.05) is 0 Å². The van der Waals surface area contributed by atoms with Gasteiger partial charge in [-0.15, -0.1) is 0 Å². The summed E-state index contributed by atoms with van der Waals surface area (Å²) in [5.41, 5.74) is -0.880. The number of hydrogen-bond acceptors (Lipinski definition) is 3. The highest BCUT2D eigenvalue weighted by molar-refractivity contribution is 6.31. The number of carbonyl (C=O) groups excluding carboxylic acids is 1. The van der Waals surface area contributed by atoms with E-state index >= 15 is 0 Å². The van der Waals surface area contributed by atoms with Gasteiger partial charge in [-0.25, -0.2) is 4.79 Å². The number of carbonyl (C=O) groups is 1. The molecule has 27 heavy (non-hydrogen) atoms. The summed E-state index contributed by atoms with van der Waals surface area (Å²) in [6, 6.07) is 3.55. The molecule has 0 aromatic heterocycles. The molecule has 0 radical (unpaired) electrons. The van der Waals surface area contributed by atoms with Gasteiger partial charge in [-0.2, -0.15) is 13.2 Å². The lowest BCUT2D eigenvalue weighted by Crippen LogP contribution is -2.63. The molecule has 3 fully saturated rings. The standard InChI is InChI=1S/C18H21ClF3N3O2/c19-15-4-3-12(7-14(15)18(20,21)22)23-17(26)24-5-6-25-13(8-24)9-27-10-16(25)11-1-2-11/h3-4,7,11,13,16H,1-2,5-6,8-10H2,(H,23,26)/t13-,16-/m1/s1. The van der Waals surface area contributed by atoms with Crippen molar-refractivity contribution in [3.63, 3.8) is 0 Å². The van der Waals surface area contributed by atoms with Crippen molar-refractivity contribution in [1.82, 2.24) is 9.80 Å². The number of halogens is 4. The average molecular weight is 404 g/mol. The van der Waals surface area contributed by atoms with Crippen molar-refractivity contribution in [3.05, 3.63) is 28.8 Å². The van der Waals surface area contributed by atoms with E-state index in [1.54, 1.807) is 4.90 Å². The maximum atomic E-state index is 13.0. The lowest BCUT2D eigenvalue weighted by Gasteiger charge is -2.48. The van der Waals surface area contributed by atoms with Crippen LogP contribution in [0.3, 0.4) is 0 Å². The van der Waals surface area contributed by atoms with E-state index in [2.05, 4.69) is 10.2 Å². The van der Waals surface area contributed by atoms with E-state index in [0.29, 0.717) is 31.7 Å². The Morgan fingerprint density at radius 3 is 2.70 bits per heavy atom. The Hall–Kier alpha value is -1.51. The van der Waals surface area contributed by atoms with Crippen LogP contribution in [-0.2, 0) is 10.9 Å². The van der Waals surface area contributed by atoms with Crippen molar-refractivity contribution in [2.24, 2.45) is 5.92 Å². The van der Waals surface area contributed by atoms with Crippen LogP contribution in [0.15, 0.2) is 18.2 Å². The van der Waals surface area contributed by atoms with Crippen LogP contribution in [0, 0.1) is 5.92 Å². The fraction of sp³-hybridized carbons (Fsp3) is 0.611. The zero-order valence-corrected chi connectivity index (χ0v) is 15.4. The van der Waals surface area contributed by atoms with Crippen LogP contribution in [0.1, 0.15) is 18.4 Å². The summed E-state index contributed by atoms with van der Waals surface area (Å²) in [4.78, 5) is 16.6. The van der Waals surface area contributed by atoms with E-state index in [0.717, 1.165) is 25.3 Å². The number of urea groups is 1. The first-order chi connectivity index (χ1) is 12.8. The fourth-order valence-electron chi connectivity index (χ4n) is 3.97. The Kier molecular flexibility index (Phi) is 4.98. The third-order valence-corrected chi connectivity index (χ3v) is 5.86. The largest absolute Gasteiger partial charge is 0.417 e. The predicted octanol–water partition coefficient (Wildman–Crippen LogP) is 3.69. The van der Waals surface area contributed by atoms with Crippen LogP contribution in [0.25, 0.3) is 0 Å². The molecule has 0 spiro atoms. The minimum Gasteiger partial charge on any atom is -0.378 e. The number of nitrogens with zero attached hydrogens (tertiary/aromatic N) is 2. The second kappa shape index (κ2) is 7.14. The highest BCUT2D eigenvalue weighted by atomic mass is 35.5. The Morgan fingerprint density at radius 1 is 1.22 bits per heavy atom. The van der Waals surface area contributed by atoms with Crippen LogP contribution in [0.2, 0.25) is 5.02 Å². The van der Waals surface area contributed by atoms with E-state index < -0.39 is 17.8 Å². The number of rotatable bonds is 2. The summed E-state index contributed by atoms with van der Waals surface area (Å²) >= 11 is 5.62. The number of ether oxygens (including phenoxy) is 1. The van der Waals surface area contributed by atoms with Crippen molar-refractivity contribution in [2.45, 2.75) is 31.1 Å². The second-order valence-corrected chi connectivity index (χ2v) is 7.81. The maximum absolute atomic E-state index is 13.0. The molecule has 1 aliphatic carbocycles. The first kappa shape index (κ1) is 18.8. The zero-order chi connectivity index (χ0) is 19.2. The first-order valence-electron chi connectivity index (χ1n) is 9.09. The summed E-state index contributed by atoms with van der Waals surface area (Å²) in [7, 11) is 0. The van der Waals surface area contributed by atoms with Gasteiger partial charge >= 0.3 is 12.2 Å². The third-order valence-electron chi connectivity index (χ3n) is 5.53. The number of hydrogen-bond donors (Lipinski definition) is 1. The Labute approximate surface area is 160 Å². The average Bonchev–Trinajstić information content (AvgIpc) is 3.46. The highest BCUT2D eigenvalue weighted by Gasteiger charge is 2.43. The van der Waals surface area contributed by atoms with Gasteiger partial charge in [-0.05, 0) is 37.0 Å². The molecule has 2 saturated heterocycles. The number of anilines is 1. The van der Waals surface area contributed by atoms with Crippen LogP contribution >= 0.6 is 11.6 Å². The highest BCUT2D eigenvalue weighted by Crippen LogP contribution is 2.39. The molecule has 0 bridgehead atoms. The summed E-state index contributed by atoms with van der Waals surface area (Å²) < 4.78 is 44.7. The van der Waals surface area contributed by atoms with Gasteiger partial charge in [0.2, 0.25) is 0 Å². The Bertz CT molecular complexity index is 726. The van der Waals surface area contributed by atoms with Crippen LogP contribution in [0.5, 0.6) is 0 Å². The molecule has 148 valence electrons. The van der Waals surface area contributed by atoms with Gasteiger partial charge in [-0.3, -0.25) is 4.90 Å². The van der Waals surface area contributed by atoms with Gasteiger partial charge in [0.15, 0.2) is 0 Å². The molecule has 2 heterocycles. The molecule has 2 amide bonds. The minimum atomic E-state index is -4.57. The molecule has 1 aromatic carbocycles. The van der Waals surface area contributed by atoms with Crippen molar-refractivity contribution in [2.75, 3.05) is 38.2 Å². The van der Waals surface area contributed by atoms with Crippen molar-refractivity contribution >= 4 is 23.3 Å². The third kappa shape index (κ3) is 4.02. The lowest BCUT2D eigenvalue weighted by molar-refractivity contribution is -0.137. The molecule has 1 aromatic rings. The molecule has 5 nitrogen and oxygen atoms in total. The number of morpholine rings is 1. The maximum Gasteiger partial charge on any atom is 0.417 e. The quantitative estimate of drug-likeness (QED) is 0.819. The number of amides is 2. The number of alkyl halides is 3.